The number of thioether (sulfide) groups is 1. The Kier molecular flexibility index (Phi) is 6.78. The number of methoxy groups -OCH3 is 1. The van der Waals surface area contributed by atoms with Crippen molar-refractivity contribution in [1.82, 2.24) is 10.6 Å². The summed E-state index contributed by atoms with van der Waals surface area (Å²) in [5.41, 5.74) is 0. The van der Waals surface area contributed by atoms with E-state index >= 15 is 0 Å². The zero-order chi connectivity index (χ0) is 11.4. The topological polar surface area (TPSA) is 67.4 Å². The summed E-state index contributed by atoms with van der Waals surface area (Å²) in [6.07, 6.45) is 0. The molecule has 0 spiro atoms. The van der Waals surface area contributed by atoms with Crippen LogP contribution in [0.25, 0.3) is 0 Å². The van der Waals surface area contributed by atoms with E-state index in [1.165, 1.54) is 7.11 Å². The molecule has 16 heavy (non-hydrogen) atoms. The Bertz CT molecular complexity index is 265. The van der Waals surface area contributed by atoms with Crippen molar-refractivity contribution in [2.45, 2.75) is 31.3 Å². The monoisotopic (exact) mass is 268 g/mol. The molecule has 3 atom stereocenters. The molecule has 1 rings (SSSR count). The molecular formula is C9H17ClN2O3S. The fourth-order valence-electron chi connectivity index (χ4n) is 1.32. The van der Waals surface area contributed by atoms with Crippen molar-refractivity contribution in [2.24, 2.45) is 0 Å². The van der Waals surface area contributed by atoms with Gasteiger partial charge in [0, 0.05) is 5.75 Å². The van der Waals surface area contributed by atoms with E-state index in [-0.39, 0.29) is 29.7 Å². The molecule has 7 heteroatoms. The van der Waals surface area contributed by atoms with Crippen LogP contribution in [0.2, 0.25) is 0 Å². The quantitative estimate of drug-likeness (QED) is 0.713. The highest BCUT2D eigenvalue weighted by Crippen LogP contribution is 2.17. The maximum absolute atomic E-state index is 11.6. The van der Waals surface area contributed by atoms with Crippen LogP contribution in [-0.4, -0.2) is 42.2 Å². The molecule has 2 N–H and O–H groups in total. The zero-order valence-electron chi connectivity index (χ0n) is 9.48. The number of nitrogens with one attached hydrogen (secondary N) is 2. The molecule has 0 bridgehead atoms. The van der Waals surface area contributed by atoms with Gasteiger partial charge in [-0.05, 0) is 13.8 Å². The number of ether oxygens (including phenoxy) is 1. The molecule has 1 aliphatic rings. The average Bonchev–Trinajstić information content (AvgIpc) is 2.63. The van der Waals surface area contributed by atoms with E-state index in [2.05, 4.69) is 15.4 Å². The highest BCUT2D eigenvalue weighted by Gasteiger charge is 2.28. The van der Waals surface area contributed by atoms with Gasteiger partial charge in [0.1, 0.15) is 6.04 Å². The van der Waals surface area contributed by atoms with Crippen LogP contribution in [-0.2, 0) is 14.3 Å². The summed E-state index contributed by atoms with van der Waals surface area (Å²) in [4.78, 5) is 22.7. The Hall–Kier alpha value is -0.460. The molecule has 94 valence electrons. The van der Waals surface area contributed by atoms with Gasteiger partial charge < -0.3 is 10.1 Å². The van der Waals surface area contributed by atoms with Gasteiger partial charge in [-0.2, -0.15) is 0 Å². The number of amides is 1. The van der Waals surface area contributed by atoms with Crippen LogP contribution in [0.3, 0.4) is 0 Å². The van der Waals surface area contributed by atoms with Gasteiger partial charge in [-0.25, -0.2) is 4.79 Å². The van der Waals surface area contributed by atoms with E-state index in [0.717, 1.165) is 5.75 Å². The van der Waals surface area contributed by atoms with E-state index < -0.39 is 12.0 Å². The van der Waals surface area contributed by atoms with Crippen LogP contribution in [0.4, 0.5) is 0 Å². The molecule has 2 unspecified atom stereocenters. The first-order chi connectivity index (χ1) is 7.04. The van der Waals surface area contributed by atoms with Crippen molar-refractivity contribution in [3.05, 3.63) is 0 Å². The van der Waals surface area contributed by atoms with Gasteiger partial charge in [-0.3, -0.25) is 10.1 Å². The lowest BCUT2D eigenvalue weighted by atomic mass is 10.2. The molecule has 0 radical (unpaired) electrons. The predicted molar refractivity (Wildman–Crippen MR) is 65.7 cm³/mol. The van der Waals surface area contributed by atoms with Gasteiger partial charge in [-0.1, -0.05) is 0 Å². The van der Waals surface area contributed by atoms with Gasteiger partial charge in [-0.15, -0.1) is 24.2 Å². The van der Waals surface area contributed by atoms with E-state index in [9.17, 15) is 9.59 Å². The summed E-state index contributed by atoms with van der Waals surface area (Å²) in [5, 5.41) is 6.00. The molecule has 1 saturated heterocycles. The van der Waals surface area contributed by atoms with Crippen molar-refractivity contribution in [2.75, 3.05) is 12.9 Å². The number of carbonyl (C=O) groups excluding carboxylic acids is 2. The highest BCUT2D eigenvalue weighted by atomic mass is 35.5. The van der Waals surface area contributed by atoms with E-state index in [0.29, 0.717) is 0 Å². The van der Waals surface area contributed by atoms with Crippen LogP contribution in [0.15, 0.2) is 0 Å². The minimum atomic E-state index is -0.592. The van der Waals surface area contributed by atoms with Gasteiger partial charge >= 0.3 is 5.97 Å². The second-order valence-corrected chi connectivity index (χ2v) is 4.82. The van der Waals surface area contributed by atoms with E-state index in [4.69, 9.17) is 0 Å². The number of hydrogen-bond acceptors (Lipinski definition) is 5. The largest absolute Gasteiger partial charge is 0.467 e. The Labute approximate surface area is 105 Å². The van der Waals surface area contributed by atoms with E-state index in [1.54, 1.807) is 18.7 Å². The number of halogens is 1. The molecule has 1 aliphatic heterocycles. The molecule has 0 aromatic heterocycles. The van der Waals surface area contributed by atoms with Crippen molar-refractivity contribution in [3.63, 3.8) is 0 Å². The van der Waals surface area contributed by atoms with Crippen LogP contribution in [0.5, 0.6) is 0 Å². The molecular weight excluding hydrogens is 252 g/mol. The Morgan fingerprint density at radius 2 is 2.19 bits per heavy atom. The second-order valence-electron chi connectivity index (χ2n) is 3.45. The standard InChI is InChI=1S/C9H16N2O3S.ClH/c1-5(9(13)14-3)10-8(12)7-4-15-6(2)11-7;/h5-7,11H,4H2,1-3H3,(H,10,12);1H/t5-,6?,7?;/m0./s1. The third-order valence-corrected chi connectivity index (χ3v) is 3.34. The molecule has 5 nitrogen and oxygen atoms in total. The molecule has 1 heterocycles. The van der Waals surface area contributed by atoms with E-state index in [1.807, 2.05) is 6.92 Å². The zero-order valence-corrected chi connectivity index (χ0v) is 11.1. The molecule has 0 aromatic rings. The Morgan fingerprint density at radius 1 is 1.56 bits per heavy atom. The predicted octanol–water partition coefficient (Wildman–Crippen LogP) is 0.137. The first-order valence-corrected chi connectivity index (χ1v) is 5.85. The summed E-state index contributed by atoms with van der Waals surface area (Å²) in [6.45, 7) is 3.61. The Morgan fingerprint density at radius 3 is 2.62 bits per heavy atom. The fourth-order valence-corrected chi connectivity index (χ4v) is 2.31. The lowest BCUT2D eigenvalue weighted by molar-refractivity contribution is -0.144. The number of carbonyl (C=O) groups is 2. The minimum Gasteiger partial charge on any atom is -0.467 e. The van der Waals surface area contributed by atoms with Crippen LogP contribution in [0, 0.1) is 0 Å². The average molecular weight is 269 g/mol. The van der Waals surface area contributed by atoms with Gasteiger partial charge in [0.15, 0.2) is 0 Å². The first kappa shape index (κ1) is 15.5. The fraction of sp³-hybridized carbons (Fsp3) is 0.778. The molecule has 0 aliphatic carbocycles. The normalized spacial score (nSPS) is 25.4. The Balaban J connectivity index is 0.00000225. The summed E-state index contributed by atoms with van der Waals surface area (Å²) in [7, 11) is 1.30. The number of hydrogen-bond donors (Lipinski definition) is 2. The molecule has 0 aromatic carbocycles. The highest BCUT2D eigenvalue weighted by molar-refractivity contribution is 8.00. The maximum Gasteiger partial charge on any atom is 0.328 e. The maximum atomic E-state index is 11.6. The second kappa shape index (κ2) is 6.98. The molecule has 1 amide bonds. The SMILES string of the molecule is COC(=O)[C@H](C)NC(=O)C1CSC(C)N1.Cl. The van der Waals surface area contributed by atoms with Crippen molar-refractivity contribution in [1.29, 1.82) is 0 Å². The molecule has 1 fully saturated rings. The lowest BCUT2D eigenvalue weighted by Crippen LogP contribution is -2.49. The van der Waals surface area contributed by atoms with Crippen molar-refractivity contribution >= 4 is 36.0 Å². The van der Waals surface area contributed by atoms with Crippen molar-refractivity contribution in [3.8, 4) is 0 Å². The van der Waals surface area contributed by atoms with Crippen LogP contribution in [0.1, 0.15) is 13.8 Å². The first-order valence-electron chi connectivity index (χ1n) is 4.80. The van der Waals surface area contributed by atoms with Gasteiger partial charge in [0.05, 0.1) is 18.5 Å². The summed E-state index contributed by atoms with van der Waals surface area (Å²) in [6, 6.07) is -0.803. The van der Waals surface area contributed by atoms with Gasteiger partial charge in [0.2, 0.25) is 5.91 Å². The number of rotatable bonds is 3. The van der Waals surface area contributed by atoms with Crippen molar-refractivity contribution < 1.29 is 14.3 Å². The summed E-state index contributed by atoms with van der Waals surface area (Å²) >= 11 is 1.69. The minimum absolute atomic E-state index is 0. The lowest BCUT2D eigenvalue weighted by Gasteiger charge is -2.15. The summed E-state index contributed by atoms with van der Waals surface area (Å²) < 4.78 is 4.52. The number of esters is 1. The smallest absolute Gasteiger partial charge is 0.328 e. The third kappa shape index (κ3) is 4.19. The van der Waals surface area contributed by atoms with Crippen LogP contribution < -0.4 is 10.6 Å². The van der Waals surface area contributed by atoms with Crippen LogP contribution >= 0.6 is 24.2 Å². The van der Waals surface area contributed by atoms with Gasteiger partial charge in [0.25, 0.3) is 0 Å². The summed E-state index contributed by atoms with van der Waals surface area (Å²) in [5.74, 6) is 0.160. The third-order valence-electron chi connectivity index (χ3n) is 2.18. The molecule has 0 saturated carbocycles.